The molecule has 0 bridgehead atoms. The molecule has 1 aliphatic carbocycles. The van der Waals surface area contributed by atoms with Gasteiger partial charge in [0.15, 0.2) is 5.96 Å². The number of amides is 1. The summed E-state index contributed by atoms with van der Waals surface area (Å²) < 4.78 is 5.55. The maximum absolute atomic E-state index is 12.6. The summed E-state index contributed by atoms with van der Waals surface area (Å²) in [6.45, 7) is 9.66. The quantitative estimate of drug-likeness (QED) is 0.435. The number of pyridine rings is 1. The van der Waals surface area contributed by atoms with E-state index in [-0.39, 0.29) is 6.09 Å². The Labute approximate surface area is 162 Å². The predicted octanol–water partition coefficient (Wildman–Crippen LogP) is 2.78. The topological polar surface area (TPSA) is 78.9 Å². The van der Waals surface area contributed by atoms with Crippen LogP contribution in [0.5, 0.6) is 0 Å². The lowest BCUT2D eigenvalue weighted by molar-refractivity contribution is 0.0232. The first-order valence-electron chi connectivity index (χ1n) is 9.62. The number of aromatic nitrogens is 1. The molecule has 1 heterocycles. The molecule has 2 rings (SSSR count). The first kappa shape index (κ1) is 21.0. The van der Waals surface area contributed by atoms with Crippen molar-refractivity contribution in [1.29, 1.82) is 0 Å². The summed E-state index contributed by atoms with van der Waals surface area (Å²) in [7, 11) is 1.78. The van der Waals surface area contributed by atoms with Crippen molar-refractivity contribution >= 4 is 12.1 Å². The third-order valence-corrected chi connectivity index (χ3v) is 4.30. The summed E-state index contributed by atoms with van der Waals surface area (Å²) >= 11 is 0. The van der Waals surface area contributed by atoms with E-state index < -0.39 is 5.60 Å². The maximum Gasteiger partial charge on any atom is 0.410 e. The Bertz CT molecular complexity index is 627. The number of hydrogen-bond donors (Lipinski definition) is 2. The standard InChI is InChI=1S/C20H33N5O2/c1-15-12-17(15)24-18(21-5)23-10-7-11-25(19(26)27-20(2,3)4)14-16-8-6-9-22-13-16/h6,8-9,13,15,17H,7,10-12,14H2,1-5H3,(H2,21,23,24). The van der Waals surface area contributed by atoms with Gasteiger partial charge in [-0.2, -0.15) is 0 Å². The molecule has 1 aliphatic rings. The fourth-order valence-corrected chi connectivity index (χ4v) is 2.64. The number of aliphatic imine (C=N–C) groups is 1. The highest BCUT2D eigenvalue weighted by molar-refractivity contribution is 5.80. The summed E-state index contributed by atoms with van der Waals surface area (Å²) in [5, 5.41) is 6.71. The van der Waals surface area contributed by atoms with Crippen LogP contribution in [-0.2, 0) is 11.3 Å². The monoisotopic (exact) mass is 375 g/mol. The molecule has 0 aromatic carbocycles. The second-order valence-electron chi connectivity index (χ2n) is 8.08. The SMILES string of the molecule is CN=C(NCCCN(Cc1cccnc1)C(=O)OC(C)(C)C)NC1CC1C. The van der Waals surface area contributed by atoms with Gasteiger partial charge in [0.2, 0.25) is 0 Å². The molecule has 1 aromatic rings. The zero-order chi connectivity index (χ0) is 19.9. The number of carbonyl (C=O) groups is 1. The zero-order valence-corrected chi connectivity index (χ0v) is 17.2. The summed E-state index contributed by atoms with van der Waals surface area (Å²) in [5.41, 5.74) is 0.464. The molecule has 7 heteroatoms. The molecular formula is C20H33N5O2. The Balaban J connectivity index is 1.84. The van der Waals surface area contributed by atoms with Gasteiger partial charge < -0.3 is 20.3 Å². The van der Waals surface area contributed by atoms with Gasteiger partial charge in [-0.1, -0.05) is 13.0 Å². The van der Waals surface area contributed by atoms with E-state index in [1.54, 1.807) is 24.3 Å². The molecule has 27 heavy (non-hydrogen) atoms. The van der Waals surface area contributed by atoms with Crippen molar-refractivity contribution in [2.75, 3.05) is 20.1 Å². The van der Waals surface area contributed by atoms with Crippen LogP contribution in [0.1, 0.15) is 46.1 Å². The van der Waals surface area contributed by atoms with Crippen LogP contribution >= 0.6 is 0 Å². The molecule has 150 valence electrons. The van der Waals surface area contributed by atoms with Crippen LogP contribution in [0, 0.1) is 5.92 Å². The molecular weight excluding hydrogens is 342 g/mol. The van der Waals surface area contributed by atoms with E-state index in [0.717, 1.165) is 24.5 Å². The van der Waals surface area contributed by atoms with Crippen LogP contribution in [0.2, 0.25) is 0 Å². The van der Waals surface area contributed by atoms with E-state index in [9.17, 15) is 4.79 Å². The summed E-state index contributed by atoms with van der Waals surface area (Å²) in [5.74, 6) is 1.53. The van der Waals surface area contributed by atoms with Crippen molar-refractivity contribution in [2.45, 2.75) is 58.7 Å². The molecule has 0 radical (unpaired) electrons. The van der Waals surface area contributed by atoms with Gasteiger partial charge in [-0.3, -0.25) is 9.98 Å². The minimum Gasteiger partial charge on any atom is -0.444 e. The van der Waals surface area contributed by atoms with Crippen molar-refractivity contribution in [3.8, 4) is 0 Å². The lowest BCUT2D eigenvalue weighted by Crippen LogP contribution is -2.41. The van der Waals surface area contributed by atoms with Gasteiger partial charge in [-0.25, -0.2) is 4.79 Å². The number of guanidine groups is 1. The van der Waals surface area contributed by atoms with Crippen molar-refractivity contribution in [3.05, 3.63) is 30.1 Å². The average Bonchev–Trinajstić information content (AvgIpc) is 3.30. The lowest BCUT2D eigenvalue weighted by Gasteiger charge is -2.27. The highest BCUT2D eigenvalue weighted by Gasteiger charge is 2.33. The Morgan fingerprint density at radius 3 is 2.74 bits per heavy atom. The molecule has 7 nitrogen and oxygen atoms in total. The second kappa shape index (κ2) is 9.58. The molecule has 0 spiro atoms. The minimum atomic E-state index is -0.518. The Morgan fingerprint density at radius 2 is 2.19 bits per heavy atom. The van der Waals surface area contributed by atoms with Crippen molar-refractivity contribution in [1.82, 2.24) is 20.5 Å². The number of nitrogens with one attached hydrogen (secondary N) is 2. The lowest BCUT2D eigenvalue weighted by atomic mass is 10.2. The van der Waals surface area contributed by atoms with Gasteiger partial charge in [0.05, 0.1) is 6.54 Å². The largest absolute Gasteiger partial charge is 0.444 e. The minimum absolute atomic E-state index is 0.305. The van der Waals surface area contributed by atoms with E-state index in [1.165, 1.54) is 6.42 Å². The number of carbonyl (C=O) groups excluding carboxylic acids is 1. The normalized spacial score (nSPS) is 19.4. The fourth-order valence-electron chi connectivity index (χ4n) is 2.64. The van der Waals surface area contributed by atoms with Crippen molar-refractivity contribution in [3.63, 3.8) is 0 Å². The van der Waals surface area contributed by atoms with Gasteiger partial charge in [0.25, 0.3) is 0 Å². The third kappa shape index (κ3) is 7.85. The van der Waals surface area contributed by atoms with Crippen LogP contribution in [0.25, 0.3) is 0 Å². The van der Waals surface area contributed by atoms with E-state index in [4.69, 9.17) is 4.74 Å². The van der Waals surface area contributed by atoms with Gasteiger partial charge in [-0.15, -0.1) is 0 Å². The average molecular weight is 376 g/mol. The Hall–Kier alpha value is -2.31. The highest BCUT2D eigenvalue weighted by atomic mass is 16.6. The van der Waals surface area contributed by atoms with Crippen LogP contribution in [-0.4, -0.2) is 53.7 Å². The molecule has 1 saturated carbocycles. The summed E-state index contributed by atoms with van der Waals surface area (Å²) in [6, 6.07) is 4.37. The summed E-state index contributed by atoms with van der Waals surface area (Å²) in [4.78, 5) is 22.7. The Kier molecular flexibility index (Phi) is 7.45. The van der Waals surface area contributed by atoms with Crippen LogP contribution < -0.4 is 10.6 Å². The van der Waals surface area contributed by atoms with Gasteiger partial charge in [0.1, 0.15) is 5.60 Å². The van der Waals surface area contributed by atoms with E-state index >= 15 is 0 Å². The van der Waals surface area contributed by atoms with E-state index in [2.05, 4.69) is 27.5 Å². The number of hydrogen-bond acceptors (Lipinski definition) is 4. The van der Waals surface area contributed by atoms with E-state index in [0.29, 0.717) is 25.0 Å². The number of rotatable bonds is 7. The Morgan fingerprint density at radius 1 is 1.44 bits per heavy atom. The fraction of sp³-hybridized carbons (Fsp3) is 0.650. The smallest absolute Gasteiger partial charge is 0.410 e. The number of ether oxygens (including phenoxy) is 1. The maximum atomic E-state index is 12.6. The third-order valence-electron chi connectivity index (χ3n) is 4.30. The molecule has 1 aromatic heterocycles. The first-order valence-corrected chi connectivity index (χ1v) is 9.62. The van der Waals surface area contributed by atoms with Crippen molar-refractivity contribution in [2.24, 2.45) is 10.9 Å². The highest BCUT2D eigenvalue weighted by Crippen LogP contribution is 2.28. The van der Waals surface area contributed by atoms with Crippen molar-refractivity contribution < 1.29 is 9.53 Å². The molecule has 1 amide bonds. The molecule has 2 unspecified atom stereocenters. The molecule has 2 atom stereocenters. The number of nitrogens with zero attached hydrogens (tertiary/aromatic N) is 3. The van der Waals surface area contributed by atoms with Crippen LogP contribution in [0.15, 0.2) is 29.5 Å². The molecule has 0 saturated heterocycles. The zero-order valence-electron chi connectivity index (χ0n) is 17.2. The van der Waals surface area contributed by atoms with Crippen LogP contribution in [0.4, 0.5) is 4.79 Å². The van der Waals surface area contributed by atoms with Gasteiger partial charge >= 0.3 is 6.09 Å². The van der Waals surface area contributed by atoms with Gasteiger partial charge in [0, 0.05) is 38.6 Å². The van der Waals surface area contributed by atoms with Crippen LogP contribution in [0.3, 0.4) is 0 Å². The predicted molar refractivity (Wildman–Crippen MR) is 108 cm³/mol. The first-order chi connectivity index (χ1) is 12.8. The molecule has 2 N–H and O–H groups in total. The van der Waals surface area contributed by atoms with E-state index in [1.807, 2.05) is 32.9 Å². The van der Waals surface area contributed by atoms with Gasteiger partial charge in [-0.05, 0) is 51.2 Å². The molecule has 0 aliphatic heterocycles. The second-order valence-corrected chi connectivity index (χ2v) is 8.08. The summed E-state index contributed by atoms with van der Waals surface area (Å²) in [6.07, 6.45) is 5.18. The molecule has 1 fully saturated rings.